The Morgan fingerprint density at radius 2 is 1.31 bits per heavy atom. The van der Waals surface area contributed by atoms with E-state index in [4.69, 9.17) is 24.4 Å². The van der Waals surface area contributed by atoms with Crippen molar-refractivity contribution in [2.75, 3.05) is 33.5 Å². The maximum atomic E-state index is 8.57. The fraction of sp³-hybridized carbons (Fsp3) is 0.625. The summed E-state index contributed by atoms with van der Waals surface area (Å²) in [7, 11) is 1.39. The molecule has 0 aromatic carbocycles. The maximum absolute atomic E-state index is 8.57. The maximum Gasteiger partial charge on any atom is 0.325 e. The van der Waals surface area contributed by atoms with E-state index in [1.54, 1.807) is 0 Å². The van der Waals surface area contributed by atoms with Crippen LogP contribution in [0, 0.1) is 0 Å². The Bertz CT molecular complexity index is 296. The Morgan fingerprint density at radius 1 is 0.875 bits per heavy atom. The average Bonchev–Trinajstić information content (AvgIpc) is 2.33. The highest BCUT2D eigenvalue weighted by atomic mass is 16.5. The fourth-order valence-electron chi connectivity index (χ4n) is 0.815. The third-order valence-electron chi connectivity index (χ3n) is 1.40. The second-order valence-electron chi connectivity index (χ2n) is 2.53. The molecule has 0 spiro atoms. The Labute approximate surface area is 91.8 Å². The van der Waals surface area contributed by atoms with Crippen LogP contribution in [0.2, 0.25) is 0 Å². The second kappa shape index (κ2) is 6.75. The topological polar surface area (TPSA) is 107 Å². The predicted molar refractivity (Wildman–Crippen MR) is 51.5 cm³/mol. The molecule has 2 N–H and O–H groups in total. The summed E-state index contributed by atoms with van der Waals surface area (Å²) in [5.74, 6) is 0. The van der Waals surface area contributed by atoms with E-state index in [-0.39, 0.29) is 44.5 Å². The van der Waals surface area contributed by atoms with Gasteiger partial charge in [0.25, 0.3) is 0 Å². The molecular formula is C8H13N3O5. The molecule has 0 unspecified atom stereocenters. The minimum absolute atomic E-state index is 0.00570. The summed E-state index contributed by atoms with van der Waals surface area (Å²) in [4.78, 5) is 11.3. The van der Waals surface area contributed by atoms with Gasteiger partial charge in [0.15, 0.2) is 0 Å². The molecule has 90 valence electrons. The SMILES string of the molecule is COc1nc(OCCO)nc(OCCO)n1. The quantitative estimate of drug-likeness (QED) is 0.591. The second-order valence-corrected chi connectivity index (χ2v) is 2.53. The number of methoxy groups -OCH3 is 1. The number of hydrogen-bond acceptors (Lipinski definition) is 8. The summed E-state index contributed by atoms with van der Waals surface area (Å²) < 4.78 is 14.8. The molecule has 0 atom stereocenters. The van der Waals surface area contributed by atoms with Crippen LogP contribution < -0.4 is 14.2 Å². The molecule has 0 saturated carbocycles. The van der Waals surface area contributed by atoms with Crippen molar-refractivity contribution >= 4 is 0 Å². The van der Waals surface area contributed by atoms with Crippen molar-refractivity contribution in [3.8, 4) is 18.0 Å². The lowest BCUT2D eigenvalue weighted by atomic mass is 10.8. The number of aliphatic hydroxyl groups is 2. The summed E-state index contributed by atoms with van der Waals surface area (Å²) in [6.45, 7) is -0.180. The first kappa shape index (κ1) is 12.4. The molecule has 0 aliphatic heterocycles. The van der Waals surface area contributed by atoms with Crippen molar-refractivity contribution < 1.29 is 24.4 Å². The summed E-state index contributed by atoms with van der Waals surface area (Å²) in [6.07, 6.45) is 0. The first-order valence-corrected chi connectivity index (χ1v) is 4.57. The third-order valence-corrected chi connectivity index (χ3v) is 1.40. The molecule has 1 aromatic rings. The molecule has 0 radical (unpaired) electrons. The minimum Gasteiger partial charge on any atom is -0.467 e. The van der Waals surface area contributed by atoms with Gasteiger partial charge in [-0.1, -0.05) is 0 Å². The summed E-state index contributed by atoms with van der Waals surface area (Å²) >= 11 is 0. The van der Waals surface area contributed by atoms with Gasteiger partial charge >= 0.3 is 18.0 Å². The van der Waals surface area contributed by atoms with Gasteiger partial charge in [-0.3, -0.25) is 0 Å². The van der Waals surface area contributed by atoms with Gasteiger partial charge in [0.05, 0.1) is 20.3 Å². The van der Waals surface area contributed by atoms with E-state index >= 15 is 0 Å². The van der Waals surface area contributed by atoms with Gasteiger partial charge in [-0.25, -0.2) is 0 Å². The molecule has 0 amide bonds. The number of ether oxygens (including phenoxy) is 3. The molecule has 0 saturated heterocycles. The minimum atomic E-state index is -0.152. The van der Waals surface area contributed by atoms with Crippen LogP contribution in [0.3, 0.4) is 0 Å². The molecule has 0 bridgehead atoms. The lowest BCUT2D eigenvalue weighted by molar-refractivity contribution is 0.173. The van der Waals surface area contributed by atoms with Crippen molar-refractivity contribution in [3.05, 3.63) is 0 Å². The number of aliphatic hydroxyl groups excluding tert-OH is 2. The van der Waals surface area contributed by atoms with Crippen molar-refractivity contribution in [1.29, 1.82) is 0 Å². The zero-order valence-corrected chi connectivity index (χ0v) is 8.79. The van der Waals surface area contributed by atoms with E-state index < -0.39 is 0 Å². The molecule has 8 nitrogen and oxygen atoms in total. The number of aromatic nitrogens is 3. The van der Waals surface area contributed by atoms with Crippen LogP contribution in [0.25, 0.3) is 0 Å². The van der Waals surface area contributed by atoms with E-state index in [0.717, 1.165) is 0 Å². The van der Waals surface area contributed by atoms with Gasteiger partial charge in [0.1, 0.15) is 13.2 Å². The Balaban J connectivity index is 2.74. The van der Waals surface area contributed by atoms with E-state index in [9.17, 15) is 0 Å². The normalized spacial score (nSPS) is 9.94. The molecule has 1 aromatic heterocycles. The summed E-state index contributed by atoms with van der Waals surface area (Å²) in [5.41, 5.74) is 0. The predicted octanol–water partition coefficient (Wildman–Crippen LogP) is -1.38. The smallest absolute Gasteiger partial charge is 0.325 e. The van der Waals surface area contributed by atoms with Crippen LogP contribution in [0.5, 0.6) is 18.0 Å². The summed E-state index contributed by atoms with van der Waals surface area (Å²) in [5, 5.41) is 17.1. The molecule has 1 heterocycles. The van der Waals surface area contributed by atoms with Crippen molar-refractivity contribution in [2.24, 2.45) is 0 Å². The monoisotopic (exact) mass is 231 g/mol. The van der Waals surface area contributed by atoms with Gasteiger partial charge in [-0.15, -0.1) is 15.0 Å². The highest BCUT2D eigenvalue weighted by molar-refractivity contribution is 5.08. The lowest BCUT2D eigenvalue weighted by Gasteiger charge is -2.06. The van der Waals surface area contributed by atoms with Gasteiger partial charge in [0, 0.05) is 0 Å². The highest BCUT2D eigenvalue weighted by Crippen LogP contribution is 2.13. The largest absolute Gasteiger partial charge is 0.467 e. The zero-order chi connectivity index (χ0) is 11.8. The molecule has 8 heteroatoms. The van der Waals surface area contributed by atoms with Gasteiger partial charge in [-0.2, -0.15) is 0 Å². The molecule has 0 fully saturated rings. The standard InChI is InChI=1S/C8H13N3O5/c1-14-6-9-7(15-4-2-12)11-8(10-6)16-5-3-13/h12-13H,2-5H2,1H3. The number of nitrogens with zero attached hydrogens (tertiary/aromatic N) is 3. The molecule has 16 heavy (non-hydrogen) atoms. The van der Waals surface area contributed by atoms with Gasteiger partial charge in [-0.05, 0) is 0 Å². The summed E-state index contributed by atoms with van der Waals surface area (Å²) in [6, 6.07) is 0.0264. The Morgan fingerprint density at radius 3 is 1.69 bits per heavy atom. The van der Waals surface area contributed by atoms with E-state index in [1.807, 2.05) is 0 Å². The van der Waals surface area contributed by atoms with E-state index in [0.29, 0.717) is 0 Å². The Kier molecular flexibility index (Phi) is 5.23. The fourth-order valence-corrected chi connectivity index (χ4v) is 0.815. The number of rotatable bonds is 7. The molecular weight excluding hydrogens is 218 g/mol. The number of hydrogen-bond donors (Lipinski definition) is 2. The highest BCUT2D eigenvalue weighted by Gasteiger charge is 2.08. The van der Waals surface area contributed by atoms with Crippen LogP contribution in [-0.4, -0.2) is 58.7 Å². The van der Waals surface area contributed by atoms with Crippen molar-refractivity contribution in [3.63, 3.8) is 0 Å². The van der Waals surface area contributed by atoms with Crippen LogP contribution in [0.1, 0.15) is 0 Å². The van der Waals surface area contributed by atoms with E-state index in [1.165, 1.54) is 7.11 Å². The van der Waals surface area contributed by atoms with Crippen molar-refractivity contribution in [1.82, 2.24) is 15.0 Å². The zero-order valence-electron chi connectivity index (χ0n) is 8.79. The molecule has 0 aliphatic carbocycles. The lowest BCUT2D eigenvalue weighted by Crippen LogP contribution is -2.10. The van der Waals surface area contributed by atoms with Gasteiger partial charge < -0.3 is 24.4 Å². The Hall–Kier alpha value is -1.67. The van der Waals surface area contributed by atoms with Crippen LogP contribution in [0.4, 0.5) is 0 Å². The first-order valence-electron chi connectivity index (χ1n) is 4.57. The average molecular weight is 231 g/mol. The van der Waals surface area contributed by atoms with Crippen molar-refractivity contribution in [2.45, 2.75) is 0 Å². The third kappa shape index (κ3) is 3.83. The molecule has 0 aliphatic rings. The van der Waals surface area contributed by atoms with Gasteiger partial charge in [0.2, 0.25) is 0 Å². The van der Waals surface area contributed by atoms with Crippen LogP contribution in [0.15, 0.2) is 0 Å². The van der Waals surface area contributed by atoms with E-state index in [2.05, 4.69) is 15.0 Å². The first-order chi connectivity index (χ1) is 7.80. The van der Waals surface area contributed by atoms with Crippen LogP contribution >= 0.6 is 0 Å². The van der Waals surface area contributed by atoms with Crippen LogP contribution in [-0.2, 0) is 0 Å². The molecule has 1 rings (SSSR count).